The van der Waals surface area contributed by atoms with Crippen molar-refractivity contribution in [2.24, 2.45) is 0 Å². The van der Waals surface area contributed by atoms with E-state index in [1.165, 1.54) is 0 Å². The van der Waals surface area contributed by atoms with Gasteiger partial charge >= 0.3 is 236 Å². The van der Waals surface area contributed by atoms with E-state index < -0.39 is 92.9 Å². The van der Waals surface area contributed by atoms with E-state index in [0.717, 1.165) is 0 Å². The van der Waals surface area contributed by atoms with Crippen LogP contribution >= 0.6 is 0 Å². The summed E-state index contributed by atoms with van der Waals surface area (Å²) in [4.78, 5) is 0. The molecule has 0 heterocycles. The summed E-state index contributed by atoms with van der Waals surface area (Å²) in [5.74, 6) is 0. The summed E-state index contributed by atoms with van der Waals surface area (Å²) in [7, 11) is 0. The van der Waals surface area contributed by atoms with Crippen molar-refractivity contribution in [3.8, 4) is 0 Å². The van der Waals surface area contributed by atoms with E-state index in [0.29, 0.717) is 0 Å². The van der Waals surface area contributed by atoms with Gasteiger partial charge in [-0.3, -0.25) is 0 Å². The van der Waals surface area contributed by atoms with Crippen LogP contribution in [0.1, 0.15) is 0 Å². The van der Waals surface area contributed by atoms with Crippen molar-refractivity contribution in [3.05, 3.63) is 0 Å². The molecule has 12 nitrogen and oxygen atoms in total. The molecular formula is Al6Ca2O12Zn. The maximum atomic E-state index is 8.46. The fraction of sp³-hybridized carbons (Fsp3) is 0. The van der Waals surface area contributed by atoms with Gasteiger partial charge in [0.1, 0.15) is 0 Å². The molecule has 0 aromatic rings. The van der Waals surface area contributed by atoms with Gasteiger partial charge in [-0.15, -0.1) is 0 Å². The molecule has 0 aromatic heterocycles. The summed E-state index contributed by atoms with van der Waals surface area (Å²) in [6, 6.07) is 0. The Morgan fingerprint density at radius 1 is 0.381 bits per heavy atom. The monoisotopic (exact) mass is 498 g/mol. The van der Waals surface area contributed by atoms with Gasteiger partial charge in [0, 0.05) is 0 Å². The summed E-state index contributed by atoms with van der Waals surface area (Å²) in [5, 5.41) is 0. The van der Waals surface area contributed by atoms with Crippen LogP contribution in [0.2, 0.25) is 0 Å². The molecule has 0 spiro atoms. The van der Waals surface area contributed by atoms with Crippen molar-refractivity contribution in [2.75, 3.05) is 0 Å². The van der Waals surface area contributed by atoms with Crippen molar-refractivity contribution in [1.82, 2.24) is 0 Å². The molecule has 0 aliphatic heterocycles. The second-order valence-electron chi connectivity index (χ2n) is 0.577. The minimum Gasteiger partial charge on any atom is 2.00 e. The molecule has 0 unspecified atom stereocenters. The van der Waals surface area contributed by atoms with E-state index in [4.69, 9.17) is 47.8 Å². The van der Waals surface area contributed by atoms with Gasteiger partial charge in [-0.25, -0.2) is 0 Å². The zero-order chi connectivity index (χ0) is 16.2. The largest absolute Gasteiger partial charge is 2.00 e. The van der Waals surface area contributed by atoms with Gasteiger partial charge in [0.15, 0.2) is 0 Å². The molecule has 0 amide bonds. The van der Waals surface area contributed by atoms with Crippen LogP contribution in [0.15, 0.2) is 0 Å². The molecule has 0 aliphatic carbocycles. The topological polar surface area (TPSA) is 241 Å². The Labute approximate surface area is 230 Å². The second-order valence-corrected chi connectivity index (χ2v) is 1.73. The van der Waals surface area contributed by atoms with E-state index >= 15 is 0 Å². The zero-order valence-electron chi connectivity index (χ0n) is 10.5. The fourth-order valence-electron chi connectivity index (χ4n) is 0. The van der Waals surface area contributed by atoms with Crippen molar-refractivity contribution >= 4 is 168 Å². The first-order valence-electron chi connectivity index (χ1n) is 2.83. The van der Waals surface area contributed by atoms with E-state index in [1.54, 1.807) is 0 Å². The molecule has 0 bridgehead atoms. The molecule has 21 heteroatoms. The summed E-state index contributed by atoms with van der Waals surface area (Å²) in [5.41, 5.74) is 0. The Morgan fingerprint density at radius 3 is 0.381 bits per heavy atom. The minimum atomic E-state index is -1.75. The molecule has 0 aromatic carbocycles. The average Bonchev–Trinajstić information content (AvgIpc) is 2.23. The van der Waals surface area contributed by atoms with Crippen LogP contribution < -0.4 is 24.9 Å². The van der Waals surface area contributed by atoms with Crippen LogP contribution in [0, 0.1) is 0 Å². The standard InChI is InChI=1S/6Al.2Ca.12O.Zn/q;;;;;;2*+2;;;;;;;6*-1;+2. The van der Waals surface area contributed by atoms with E-state index in [1.807, 2.05) is 0 Å². The van der Waals surface area contributed by atoms with Crippen LogP contribution in [-0.2, 0) is 42.3 Å². The normalized spacial score (nSPS) is 2.29. The van der Waals surface area contributed by atoms with Gasteiger partial charge < -0.3 is 0 Å². The Balaban J connectivity index is -0.0000000114. The van der Waals surface area contributed by atoms with Crippen LogP contribution in [0.25, 0.3) is 0 Å². The number of rotatable bonds is 0. The van der Waals surface area contributed by atoms with Gasteiger partial charge in [0.25, 0.3) is 0 Å². The molecule has 0 N–H and O–H groups in total. The van der Waals surface area contributed by atoms with Crippen molar-refractivity contribution in [2.45, 2.75) is 0 Å². The van der Waals surface area contributed by atoms with Gasteiger partial charge in [0.05, 0.1) is 0 Å². The van der Waals surface area contributed by atoms with Crippen LogP contribution in [0.5, 0.6) is 0 Å². The molecule has 21 heavy (non-hydrogen) atoms. The summed E-state index contributed by atoms with van der Waals surface area (Å²) < 4.78 is 101. The minimum absolute atomic E-state index is 0. The molecule has 0 saturated heterocycles. The third kappa shape index (κ3) is 743. The van der Waals surface area contributed by atoms with E-state index in [9.17, 15) is 0 Å². The van der Waals surface area contributed by atoms with Crippen molar-refractivity contribution in [1.29, 1.82) is 0 Å². The summed E-state index contributed by atoms with van der Waals surface area (Å²) in [6.07, 6.45) is 0. The third-order valence-electron chi connectivity index (χ3n) is 0. The smallest absolute Gasteiger partial charge is 2.00 e. The molecule has 0 atom stereocenters. The molecule has 0 saturated carbocycles. The molecule has 0 aliphatic rings. The zero-order valence-corrected chi connectivity index (χ0v) is 24.8. The third-order valence-corrected chi connectivity index (χ3v) is 0. The van der Waals surface area contributed by atoms with E-state index in [-0.39, 0.29) is 95.0 Å². The van der Waals surface area contributed by atoms with E-state index in [2.05, 4.69) is 0 Å². The first-order valence-corrected chi connectivity index (χ1v) is 8.49. The average molecular weight is 499 g/mol. The molecule has 0 radical (unpaired) electrons. The summed E-state index contributed by atoms with van der Waals surface area (Å²) >= 11 is -10.5. The number of hydrogen-bond donors (Lipinski definition) is 0. The van der Waals surface area contributed by atoms with Gasteiger partial charge in [0.2, 0.25) is 0 Å². The second kappa shape index (κ2) is 128. The predicted octanol–water partition coefficient (Wildman–Crippen LogP) is -10.9. The van der Waals surface area contributed by atoms with Crippen LogP contribution in [0.4, 0.5) is 0 Å². The van der Waals surface area contributed by atoms with Gasteiger partial charge in [-0.2, -0.15) is 0 Å². The Morgan fingerprint density at radius 2 is 0.381 bits per heavy atom. The van der Waals surface area contributed by atoms with Crippen molar-refractivity contribution < 1.29 is 67.2 Å². The fourth-order valence-corrected chi connectivity index (χ4v) is 0. The first-order chi connectivity index (χ1) is 8.49. The number of hydrogen-bond acceptors (Lipinski definition) is 12. The molecular weight excluding hydrogens is 499 g/mol. The first kappa shape index (κ1) is 56.3. The van der Waals surface area contributed by atoms with Crippen LogP contribution in [0.3, 0.4) is 0 Å². The Bertz CT molecular complexity index is 123. The maximum absolute atomic E-state index is 8.46. The summed E-state index contributed by atoms with van der Waals surface area (Å²) in [6.45, 7) is 0. The predicted molar refractivity (Wildman–Crippen MR) is 50.2 cm³/mol. The Hall–Kier alpha value is 3.94. The van der Waals surface area contributed by atoms with Crippen LogP contribution in [-0.4, -0.2) is 168 Å². The van der Waals surface area contributed by atoms with Gasteiger partial charge in [-0.1, -0.05) is 0 Å². The maximum Gasteiger partial charge on any atom is 2.00 e. The van der Waals surface area contributed by atoms with Gasteiger partial charge in [-0.05, 0) is 0 Å². The quantitative estimate of drug-likeness (QED) is 0.282. The SMILES string of the molecule is [Ca+2].[Ca+2].[O]=[Al][O-].[O]=[Al][O-].[O]=[Al][O-].[O]=[Al][O-].[O]=[Al][O-].[O]=[Al][O-].[Zn+2]. The molecule has 96 valence electrons. The molecule has 0 fully saturated rings. The Kier molecular flexibility index (Phi) is 342. The molecule has 0 rings (SSSR count). The van der Waals surface area contributed by atoms with Crippen molar-refractivity contribution in [3.63, 3.8) is 0 Å².